The van der Waals surface area contributed by atoms with Gasteiger partial charge in [0.1, 0.15) is 11.5 Å². The van der Waals surface area contributed by atoms with Crippen molar-refractivity contribution in [3.05, 3.63) is 59.7 Å². The Bertz CT molecular complexity index is 540. The summed E-state index contributed by atoms with van der Waals surface area (Å²) in [6, 6.07) is 15.6. The SMILES string of the molecule is CCOc1ccc(C(NN)c2ccccc2OC)cc1. The molecule has 0 aliphatic heterocycles. The second kappa shape index (κ2) is 6.93. The standard InChI is InChI=1S/C16H20N2O2/c1-3-20-13-10-8-12(9-11-13)16(18-17)14-6-4-5-7-15(14)19-2/h4-11,16,18H,3,17H2,1-2H3. The smallest absolute Gasteiger partial charge is 0.124 e. The Morgan fingerprint density at radius 1 is 1.10 bits per heavy atom. The van der Waals surface area contributed by atoms with E-state index in [0.29, 0.717) is 6.61 Å². The number of methoxy groups -OCH3 is 1. The van der Waals surface area contributed by atoms with Gasteiger partial charge in [-0.15, -0.1) is 0 Å². The molecule has 0 saturated carbocycles. The highest BCUT2D eigenvalue weighted by atomic mass is 16.5. The molecule has 4 heteroatoms. The molecule has 0 spiro atoms. The summed E-state index contributed by atoms with van der Waals surface area (Å²) in [5.41, 5.74) is 4.90. The lowest BCUT2D eigenvalue weighted by molar-refractivity contribution is 0.340. The minimum absolute atomic E-state index is 0.123. The van der Waals surface area contributed by atoms with Crippen LogP contribution in [0.3, 0.4) is 0 Å². The summed E-state index contributed by atoms with van der Waals surface area (Å²) >= 11 is 0. The highest BCUT2D eigenvalue weighted by Crippen LogP contribution is 2.30. The van der Waals surface area contributed by atoms with E-state index in [4.69, 9.17) is 15.3 Å². The van der Waals surface area contributed by atoms with Crippen molar-refractivity contribution in [1.29, 1.82) is 0 Å². The molecule has 20 heavy (non-hydrogen) atoms. The van der Waals surface area contributed by atoms with Crippen molar-refractivity contribution in [2.45, 2.75) is 13.0 Å². The maximum absolute atomic E-state index is 5.72. The van der Waals surface area contributed by atoms with Gasteiger partial charge in [-0.1, -0.05) is 30.3 Å². The molecule has 4 nitrogen and oxygen atoms in total. The van der Waals surface area contributed by atoms with E-state index in [0.717, 1.165) is 22.6 Å². The van der Waals surface area contributed by atoms with E-state index < -0.39 is 0 Å². The zero-order valence-corrected chi connectivity index (χ0v) is 11.8. The molecule has 2 rings (SSSR count). The average molecular weight is 272 g/mol. The predicted octanol–water partition coefficient (Wildman–Crippen LogP) is 2.65. The van der Waals surface area contributed by atoms with Crippen LogP contribution in [0, 0.1) is 0 Å². The van der Waals surface area contributed by atoms with Gasteiger partial charge in [-0.25, -0.2) is 5.43 Å². The van der Waals surface area contributed by atoms with Gasteiger partial charge < -0.3 is 9.47 Å². The fourth-order valence-corrected chi connectivity index (χ4v) is 2.19. The molecule has 106 valence electrons. The van der Waals surface area contributed by atoms with Gasteiger partial charge in [0.05, 0.1) is 19.8 Å². The van der Waals surface area contributed by atoms with Gasteiger partial charge in [0, 0.05) is 5.56 Å². The van der Waals surface area contributed by atoms with Gasteiger partial charge in [-0.2, -0.15) is 0 Å². The Balaban J connectivity index is 2.31. The highest BCUT2D eigenvalue weighted by Gasteiger charge is 2.16. The van der Waals surface area contributed by atoms with Crippen LogP contribution in [0.2, 0.25) is 0 Å². The van der Waals surface area contributed by atoms with Crippen molar-refractivity contribution >= 4 is 0 Å². The van der Waals surface area contributed by atoms with Gasteiger partial charge in [0.2, 0.25) is 0 Å². The maximum Gasteiger partial charge on any atom is 0.124 e. The molecule has 3 N–H and O–H groups in total. The molecule has 1 unspecified atom stereocenters. The van der Waals surface area contributed by atoms with Crippen molar-refractivity contribution in [3.63, 3.8) is 0 Å². The summed E-state index contributed by atoms with van der Waals surface area (Å²) in [6.45, 7) is 2.62. The van der Waals surface area contributed by atoms with Gasteiger partial charge in [-0.3, -0.25) is 5.84 Å². The first kappa shape index (κ1) is 14.4. The second-order valence-electron chi connectivity index (χ2n) is 4.34. The number of ether oxygens (including phenoxy) is 2. The molecule has 0 fully saturated rings. The third kappa shape index (κ3) is 3.10. The molecule has 2 aromatic carbocycles. The fourth-order valence-electron chi connectivity index (χ4n) is 2.19. The predicted molar refractivity (Wildman–Crippen MR) is 79.8 cm³/mol. The fraction of sp³-hybridized carbons (Fsp3) is 0.250. The van der Waals surface area contributed by atoms with E-state index in [1.165, 1.54) is 0 Å². The summed E-state index contributed by atoms with van der Waals surface area (Å²) in [5.74, 6) is 7.38. The minimum Gasteiger partial charge on any atom is -0.496 e. The second-order valence-corrected chi connectivity index (χ2v) is 4.34. The van der Waals surface area contributed by atoms with Crippen LogP contribution in [-0.2, 0) is 0 Å². The van der Waals surface area contributed by atoms with E-state index in [-0.39, 0.29) is 6.04 Å². The van der Waals surface area contributed by atoms with Crippen LogP contribution in [0.25, 0.3) is 0 Å². The van der Waals surface area contributed by atoms with Crippen LogP contribution >= 0.6 is 0 Å². The van der Waals surface area contributed by atoms with Crippen molar-refractivity contribution in [1.82, 2.24) is 5.43 Å². The zero-order valence-electron chi connectivity index (χ0n) is 11.8. The first-order valence-corrected chi connectivity index (χ1v) is 6.62. The third-order valence-corrected chi connectivity index (χ3v) is 3.14. The molecular formula is C16H20N2O2. The number of para-hydroxylation sites is 1. The average Bonchev–Trinajstić information content (AvgIpc) is 2.50. The normalized spacial score (nSPS) is 11.9. The summed E-state index contributed by atoms with van der Waals surface area (Å²) in [6.07, 6.45) is 0. The molecule has 0 radical (unpaired) electrons. The summed E-state index contributed by atoms with van der Waals surface area (Å²) in [4.78, 5) is 0. The topological polar surface area (TPSA) is 56.5 Å². The summed E-state index contributed by atoms with van der Waals surface area (Å²) in [5, 5.41) is 0. The van der Waals surface area contributed by atoms with Crippen LogP contribution < -0.4 is 20.7 Å². The van der Waals surface area contributed by atoms with Crippen LogP contribution in [0.5, 0.6) is 11.5 Å². The number of nitrogens with one attached hydrogen (secondary N) is 1. The van der Waals surface area contributed by atoms with Crippen LogP contribution in [0.15, 0.2) is 48.5 Å². The van der Waals surface area contributed by atoms with Crippen LogP contribution in [0.4, 0.5) is 0 Å². The van der Waals surface area contributed by atoms with Crippen molar-refractivity contribution in [3.8, 4) is 11.5 Å². The number of hydrazine groups is 1. The maximum atomic E-state index is 5.72. The van der Waals surface area contributed by atoms with Gasteiger partial charge >= 0.3 is 0 Å². The Kier molecular flexibility index (Phi) is 4.98. The lowest BCUT2D eigenvalue weighted by Crippen LogP contribution is -2.29. The van der Waals surface area contributed by atoms with Crippen molar-refractivity contribution in [2.24, 2.45) is 5.84 Å². The molecule has 0 heterocycles. The number of rotatable bonds is 6. The van der Waals surface area contributed by atoms with E-state index in [1.807, 2.05) is 55.5 Å². The van der Waals surface area contributed by atoms with E-state index in [2.05, 4.69) is 5.43 Å². The molecular weight excluding hydrogens is 252 g/mol. The zero-order chi connectivity index (χ0) is 14.4. The Hall–Kier alpha value is -2.04. The molecule has 0 aliphatic carbocycles. The Morgan fingerprint density at radius 3 is 2.40 bits per heavy atom. The first-order chi connectivity index (χ1) is 9.80. The van der Waals surface area contributed by atoms with Gasteiger partial charge in [0.25, 0.3) is 0 Å². The number of hydrogen-bond acceptors (Lipinski definition) is 4. The van der Waals surface area contributed by atoms with E-state index in [1.54, 1.807) is 7.11 Å². The molecule has 0 bridgehead atoms. The van der Waals surface area contributed by atoms with Crippen LogP contribution in [-0.4, -0.2) is 13.7 Å². The Labute approximate surface area is 119 Å². The third-order valence-electron chi connectivity index (χ3n) is 3.14. The summed E-state index contributed by atoms with van der Waals surface area (Å²) < 4.78 is 10.8. The highest BCUT2D eigenvalue weighted by molar-refractivity contribution is 5.42. The molecule has 0 aliphatic rings. The number of nitrogens with two attached hydrogens (primary N) is 1. The first-order valence-electron chi connectivity index (χ1n) is 6.62. The largest absolute Gasteiger partial charge is 0.496 e. The summed E-state index contributed by atoms with van der Waals surface area (Å²) in [7, 11) is 1.66. The lowest BCUT2D eigenvalue weighted by Gasteiger charge is -2.19. The Morgan fingerprint density at radius 2 is 1.80 bits per heavy atom. The lowest BCUT2D eigenvalue weighted by atomic mass is 9.98. The van der Waals surface area contributed by atoms with E-state index in [9.17, 15) is 0 Å². The molecule has 0 aromatic heterocycles. The van der Waals surface area contributed by atoms with Crippen molar-refractivity contribution < 1.29 is 9.47 Å². The molecule has 0 amide bonds. The van der Waals surface area contributed by atoms with Crippen molar-refractivity contribution in [2.75, 3.05) is 13.7 Å². The van der Waals surface area contributed by atoms with E-state index >= 15 is 0 Å². The van der Waals surface area contributed by atoms with Gasteiger partial charge in [0.15, 0.2) is 0 Å². The molecule has 2 aromatic rings. The number of hydrogen-bond donors (Lipinski definition) is 2. The number of benzene rings is 2. The van der Waals surface area contributed by atoms with Crippen LogP contribution in [0.1, 0.15) is 24.1 Å². The molecule has 1 atom stereocenters. The van der Waals surface area contributed by atoms with Gasteiger partial charge in [-0.05, 0) is 30.7 Å². The minimum atomic E-state index is -0.123. The molecule has 0 saturated heterocycles. The monoisotopic (exact) mass is 272 g/mol. The quantitative estimate of drug-likeness (QED) is 0.627.